The van der Waals surface area contributed by atoms with Crippen LogP contribution in [0, 0.1) is 46.3 Å². The van der Waals surface area contributed by atoms with Gasteiger partial charge in [0.1, 0.15) is 6.10 Å². The molecule has 2 saturated heterocycles. The maximum Gasteiger partial charge on any atom is 0.305 e. The van der Waals surface area contributed by atoms with Crippen molar-refractivity contribution in [3.05, 3.63) is 11.6 Å². The lowest BCUT2D eigenvalue weighted by Gasteiger charge is -2.57. The van der Waals surface area contributed by atoms with E-state index in [9.17, 15) is 4.79 Å². The average molecular weight is 471 g/mol. The molecule has 34 heavy (non-hydrogen) atoms. The normalized spacial score (nSPS) is 54.0. The first-order valence-electron chi connectivity index (χ1n) is 14.4. The van der Waals surface area contributed by atoms with Crippen LogP contribution in [0.15, 0.2) is 11.6 Å². The van der Waals surface area contributed by atoms with Gasteiger partial charge in [0.25, 0.3) is 0 Å². The molecule has 3 saturated carbocycles. The minimum Gasteiger partial charge on any atom is -0.462 e. The van der Waals surface area contributed by atoms with E-state index in [1.807, 2.05) is 6.92 Å². The summed E-state index contributed by atoms with van der Waals surface area (Å²) in [4.78, 5) is 11.9. The van der Waals surface area contributed by atoms with Gasteiger partial charge in [-0.1, -0.05) is 46.3 Å². The summed E-state index contributed by atoms with van der Waals surface area (Å²) in [5, 5.41) is 0. The van der Waals surface area contributed by atoms with E-state index in [0.29, 0.717) is 47.5 Å². The van der Waals surface area contributed by atoms with Gasteiger partial charge in [-0.2, -0.15) is 0 Å². The number of ether oxygens (including phenoxy) is 3. The Balaban J connectivity index is 1.23. The van der Waals surface area contributed by atoms with Crippen LogP contribution in [-0.4, -0.2) is 30.6 Å². The van der Waals surface area contributed by atoms with E-state index in [2.05, 4.69) is 33.8 Å². The Hall–Kier alpha value is -0.870. The van der Waals surface area contributed by atoms with Gasteiger partial charge in [0, 0.05) is 18.8 Å². The van der Waals surface area contributed by atoms with Gasteiger partial charge in [0.2, 0.25) is 0 Å². The van der Waals surface area contributed by atoms with E-state index >= 15 is 0 Å². The predicted molar refractivity (Wildman–Crippen MR) is 132 cm³/mol. The van der Waals surface area contributed by atoms with Crippen LogP contribution in [0.5, 0.6) is 0 Å². The van der Waals surface area contributed by atoms with Crippen molar-refractivity contribution in [2.24, 2.45) is 46.3 Å². The van der Waals surface area contributed by atoms with Crippen LogP contribution in [0.1, 0.15) is 98.8 Å². The topological polar surface area (TPSA) is 44.8 Å². The highest BCUT2D eigenvalue weighted by atomic mass is 16.7. The van der Waals surface area contributed by atoms with Gasteiger partial charge in [-0.25, -0.2) is 0 Å². The van der Waals surface area contributed by atoms with Crippen molar-refractivity contribution in [3.63, 3.8) is 0 Å². The van der Waals surface area contributed by atoms with Crippen molar-refractivity contribution in [2.75, 3.05) is 6.61 Å². The first-order valence-corrected chi connectivity index (χ1v) is 14.4. The molecule has 0 bridgehead atoms. The van der Waals surface area contributed by atoms with Crippen molar-refractivity contribution in [2.45, 2.75) is 117 Å². The molecule has 2 aliphatic heterocycles. The van der Waals surface area contributed by atoms with Crippen molar-refractivity contribution >= 4 is 5.97 Å². The van der Waals surface area contributed by atoms with Gasteiger partial charge in [0.05, 0.1) is 12.7 Å². The molecule has 6 aliphatic rings. The molecular formula is C30H46O4. The third kappa shape index (κ3) is 3.26. The summed E-state index contributed by atoms with van der Waals surface area (Å²) in [6, 6.07) is 0. The quantitative estimate of drug-likeness (QED) is 0.334. The highest BCUT2D eigenvalue weighted by molar-refractivity contribution is 5.69. The van der Waals surface area contributed by atoms with Crippen molar-refractivity contribution < 1.29 is 19.0 Å². The van der Waals surface area contributed by atoms with Crippen LogP contribution in [0.4, 0.5) is 0 Å². The van der Waals surface area contributed by atoms with Crippen molar-refractivity contribution in [3.8, 4) is 0 Å². The number of allylic oxidation sites excluding steroid dienone is 2. The summed E-state index contributed by atoms with van der Waals surface area (Å²) in [5.41, 5.74) is 2.37. The maximum absolute atomic E-state index is 11.9. The lowest BCUT2D eigenvalue weighted by molar-refractivity contribution is -0.272. The molecule has 4 aliphatic carbocycles. The fraction of sp³-hybridized carbons (Fsp3) is 0.900. The van der Waals surface area contributed by atoms with E-state index in [1.165, 1.54) is 38.5 Å². The second-order valence-electron chi connectivity index (χ2n) is 13.5. The van der Waals surface area contributed by atoms with Crippen LogP contribution in [0.2, 0.25) is 0 Å². The number of fused-ring (bicyclic) bond motifs is 7. The Labute approximate surface area is 206 Å². The zero-order valence-electron chi connectivity index (χ0n) is 22.1. The molecule has 0 amide bonds. The molecule has 0 unspecified atom stereocenters. The molecule has 0 aromatic rings. The van der Waals surface area contributed by atoms with E-state index in [0.717, 1.165) is 31.8 Å². The monoisotopic (exact) mass is 470 g/mol. The van der Waals surface area contributed by atoms with Crippen LogP contribution in [0.3, 0.4) is 0 Å². The van der Waals surface area contributed by atoms with Crippen LogP contribution < -0.4 is 0 Å². The lowest BCUT2D eigenvalue weighted by atomic mass is 9.48. The van der Waals surface area contributed by atoms with Crippen LogP contribution in [0.25, 0.3) is 0 Å². The first-order chi connectivity index (χ1) is 16.2. The van der Waals surface area contributed by atoms with E-state index in [4.69, 9.17) is 14.2 Å². The third-order valence-electron chi connectivity index (χ3n) is 11.8. The summed E-state index contributed by atoms with van der Waals surface area (Å²) < 4.78 is 19.2. The Bertz CT molecular complexity index is 856. The highest BCUT2D eigenvalue weighted by Crippen LogP contribution is 2.69. The van der Waals surface area contributed by atoms with Crippen LogP contribution >= 0.6 is 0 Å². The zero-order valence-corrected chi connectivity index (χ0v) is 22.1. The third-order valence-corrected chi connectivity index (χ3v) is 11.8. The lowest BCUT2D eigenvalue weighted by Crippen LogP contribution is -2.51. The second kappa shape index (κ2) is 8.07. The van der Waals surface area contributed by atoms with Crippen molar-refractivity contribution in [1.29, 1.82) is 0 Å². The fourth-order valence-corrected chi connectivity index (χ4v) is 9.88. The molecule has 1 spiro atoms. The summed E-state index contributed by atoms with van der Waals surface area (Å²) >= 11 is 0. The molecule has 11 atom stereocenters. The molecule has 0 N–H and O–H groups in total. The summed E-state index contributed by atoms with van der Waals surface area (Å²) in [7, 11) is 0. The minimum absolute atomic E-state index is 0.0317. The van der Waals surface area contributed by atoms with Gasteiger partial charge >= 0.3 is 5.97 Å². The molecule has 6 rings (SSSR count). The number of carbonyl (C=O) groups excluding carboxylic acids is 1. The Morgan fingerprint density at radius 3 is 2.68 bits per heavy atom. The van der Waals surface area contributed by atoms with E-state index < -0.39 is 0 Å². The summed E-state index contributed by atoms with van der Waals surface area (Å²) in [5.74, 6) is 3.48. The predicted octanol–water partition coefficient (Wildman–Crippen LogP) is 6.67. The number of rotatable bonds is 2. The molecule has 5 fully saturated rings. The Morgan fingerprint density at radius 2 is 1.94 bits per heavy atom. The van der Waals surface area contributed by atoms with Gasteiger partial charge < -0.3 is 14.2 Å². The van der Waals surface area contributed by atoms with Crippen LogP contribution in [-0.2, 0) is 19.0 Å². The molecular weight excluding hydrogens is 424 g/mol. The van der Waals surface area contributed by atoms with Gasteiger partial charge in [-0.05, 0) is 91.8 Å². The largest absolute Gasteiger partial charge is 0.462 e. The molecule has 0 radical (unpaired) electrons. The van der Waals surface area contributed by atoms with Gasteiger partial charge in [0.15, 0.2) is 5.79 Å². The number of esters is 1. The molecule has 2 heterocycles. The SMILES string of the molecule is CCC(=O)O[C@H]1CC[C@]2(C)C3=CC[C@]4(C)[C@@H]5[C@H](C[C@H]4[C@@H]3CC[C@H]2C1)O[C@]1(CC[C@@H](C)CO1)[C@H]5C. The number of hydrogen-bond acceptors (Lipinski definition) is 4. The second-order valence-corrected chi connectivity index (χ2v) is 13.5. The number of carbonyl (C=O) groups is 1. The Kier molecular flexibility index (Phi) is 5.58. The highest BCUT2D eigenvalue weighted by Gasteiger charge is 2.67. The molecule has 4 nitrogen and oxygen atoms in total. The Morgan fingerprint density at radius 1 is 1.12 bits per heavy atom. The van der Waals surface area contributed by atoms with E-state index in [1.54, 1.807) is 5.57 Å². The first kappa shape index (κ1) is 23.5. The molecule has 0 aromatic heterocycles. The number of hydrogen-bond donors (Lipinski definition) is 0. The smallest absolute Gasteiger partial charge is 0.305 e. The summed E-state index contributed by atoms with van der Waals surface area (Å²) in [6.45, 7) is 12.6. The molecule has 4 heteroatoms. The fourth-order valence-electron chi connectivity index (χ4n) is 9.88. The van der Waals surface area contributed by atoms with Gasteiger partial charge in [-0.15, -0.1) is 0 Å². The van der Waals surface area contributed by atoms with E-state index in [-0.39, 0.29) is 23.3 Å². The summed E-state index contributed by atoms with van der Waals surface area (Å²) in [6.07, 6.45) is 14.2. The average Bonchev–Trinajstić information content (AvgIpc) is 3.26. The zero-order chi connectivity index (χ0) is 23.9. The minimum atomic E-state index is -0.322. The van der Waals surface area contributed by atoms with Gasteiger partial charge in [-0.3, -0.25) is 4.79 Å². The maximum atomic E-state index is 11.9. The standard InChI is InChI=1S/C30H46O4/c1-6-26(31)33-21-10-12-28(4)20(15-21)7-8-22-23(28)11-13-29(5)24(22)16-25-27(29)19(3)30(34-25)14-9-18(2)17-32-30/h11,18-22,24-25,27H,6-10,12-17H2,1-5H3/t18-,19+,20+,21+,22-,24+,25+,27+,28+,29+,30-/m1/s1. The van der Waals surface area contributed by atoms with Crippen molar-refractivity contribution in [1.82, 2.24) is 0 Å². The molecule has 190 valence electrons. The molecule has 0 aromatic carbocycles.